The number of esters is 1. The number of anilines is 1. The van der Waals surface area contributed by atoms with E-state index in [1.54, 1.807) is 6.20 Å². The number of methoxy groups -OCH3 is 1. The second kappa shape index (κ2) is 5.37. The maximum absolute atomic E-state index is 11.8. The summed E-state index contributed by atoms with van der Waals surface area (Å²) in [6, 6.07) is 0. The highest BCUT2D eigenvalue weighted by Crippen LogP contribution is 2.33. The highest BCUT2D eigenvalue weighted by Gasteiger charge is 2.37. The van der Waals surface area contributed by atoms with Gasteiger partial charge in [0.25, 0.3) is 0 Å². The van der Waals surface area contributed by atoms with Crippen LogP contribution < -0.4 is 4.90 Å². The maximum Gasteiger partial charge on any atom is 0.311 e. The van der Waals surface area contributed by atoms with Crippen molar-refractivity contribution in [2.24, 2.45) is 5.92 Å². The zero-order valence-corrected chi connectivity index (χ0v) is 11.1. The van der Waals surface area contributed by atoms with Gasteiger partial charge in [0, 0.05) is 24.7 Å². The first-order chi connectivity index (χ1) is 8.65. The molecular weight excluding hydrogens is 274 g/mol. The number of amides is 1. The predicted molar refractivity (Wildman–Crippen MR) is 66.1 cm³/mol. The van der Waals surface area contributed by atoms with E-state index in [2.05, 4.69) is 9.72 Å². The minimum atomic E-state index is -0.432. The number of thiocyanates is 1. The topological polar surface area (TPSA) is 83.3 Å². The Morgan fingerprint density at radius 2 is 2.56 bits per heavy atom. The standard InChI is InChI=1S/C10H9N3O3S2/c1-16-9(15)6-2-7(14)13(4-6)10-12-3-8(18-10)17-5-11/h3,6H,2,4H2,1H3. The van der Waals surface area contributed by atoms with Crippen LogP contribution in [0.15, 0.2) is 10.4 Å². The van der Waals surface area contributed by atoms with Crippen molar-refractivity contribution in [3.63, 3.8) is 0 Å². The van der Waals surface area contributed by atoms with Gasteiger partial charge in [-0.1, -0.05) is 11.3 Å². The zero-order valence-electron chi connectivity index (χ0n) is 9.45. The van der Waals surface area contributed by atoms with E-state index in [4.69, 9.17) is 5.26 Å². The number of aromatic nitrogens is 1. The van der Waals surface area contributed by atoms with Gasteiger partial charge in [0.15, 0.2) is 5.13 Å². The third kappa shape index (κ3) is 2.47. The third-order valence-corrected chi connectivity index (χ3v) is 4.22. The predicted octanol–water partition coefficient (Wildman–Crippen LogP) is 1.24. The van der Waals surface area contributed by atoms with Crippen molar-refractivity contribution < 1.29 is 14.3 Å². The maximum atomic E-state index is 11.8. The molecule has 2 heterocycles. The van der Waals surface area contributed by atoms with Crippen molar-refractivity contribution >= 4 is 40.1 Å². The van der Waals surface area contributed by atoms with E-state index >= 15 is 0 Å². The van der Waals surface area contributed by atoms with Gasteiger partial charge >= 0.3 is 5.97 Å². The molecule has 18 heavy (non-hydrogen) atoms. The Bertz CT molecular complexity index is 523. The molecule has 1 amide bonds. The largest absolute Gasteiger partial charge is 0.469 e. The summed E-state index contributed by atoms with van der Waals surface area (Å²) < 4.78 is 5.35. The van der Waals surface area contributed by atoms with Crippen LogP contribution in [0.2, 0.25) is 0 Å². The van der Waals surface area contributed by atoms with Gasteiger partial charge in [-0.3, -0.25) is 14.5 Å². The Morgan fingerprint density at radius 1 is 1.78 bits per heavy atom. The SMILES string of the molecule is COC(=O)C1CC(=O)N(c2ncc(SC#N)s2)C1. The molecule has 1 aromatic heterocycles. The van der Waals surface area contributed by atoms with E-state index in [9.17, 15) is 9.59 Å². The first-order valence-electron chi connectivity index (χ1n) is 5.05. The van der Waals surface area contributed by atoms with Crippen LogP contribution >= 0.6 is 23.1 Å². The molecule has 94 valence electrons. The summed E-state index contributed by atoms with van der Waals surface area (Å²) in [4.78, 5) is 28.7. The molecule has 1 atom stereocenters. The van der Waals surface area contributed by atoms with Crippen LogP contribution in [-0.2, 0) is 14.3 Å². The van der Waals surface area contributed by atoms with Gasteiger partial charge in [-0.15, -0.1) is 0 Å². The average Bonchev–Trinajstić information content (AvgIpc) is 2.95. The van der Waals surface area contributed by atoms with Crippen molar-refractivity contribution in [3.8, 4) is 5.40 Å². The van der Waals surface area contributed by atoms with Crippen LogP contribution in [0.25, 0.3) is 0 Å². The van der Waals surface area contributed by atoms with E-state index < -0.39 is 5.92 Å². The number of nitriles is 1. The molecule has 1 aromatic rings. The van der Waals surface area contributed by atoms with Gasteiger partial charge in [-0.2, -0.15) is 5.26 Å². The average molecular weight is 283 g/mol. The Kier molecular flexibility index (Phi) is 3.84. The van der Waals surface area contributed by atoms with Crippen LogP contribution in [-0.4, -0.2) is 30.5 Å². The Balaban J connectivity index is 2.11. The number of hydrogen-bond donors (Lipinski definition) is 0. The van der Waals surface area contributed by atoms with Crippen molar-refractivity contribution in [1.82, 2.24) is 4.98 Å². The summed E-state index contributed by atoms with van der Waals surface area (Å²) in [6.07, 6.45) is 1.69. The van der Waals surface area contributed by atoms with Crippen molar-refractivity contribution in [3.05, 3.63) is 6.20 Å². The Hall–Kier alpha value is -1.59. The lowest BCUT2D eigenvalue weighted by atomic mass is 10.1. The smallest absolute Gasteiger partial charge is 0.311 e. The lowest BCUT2D eigenvalue weighted by Crippen LogP contribution is -2.25. The van der Waals surface area contributed by atoms with Crippen molar-refractivity contribution in [2.75, 3.05) is 18.6 Å². The number of rotatable bonds is 3. The molecule has 1 aliphatic heterocycles. The Morgan fingerprint density at radius 3 is 3.22 bits per heavy atom. The molecule has 0 radical (unpaired) electrons. The summed E-state index contributed by atoms with van der Waals surface area (Å²) in [6.45, 7) is 0.287. The number of hydrogen-bond acceptors (Lipinski definition) is 7. The minimum Gasteiger partial charge on any atom is -0.469 e. The molecule has 8 heteroatoms. The number of ether oxygens (including phenoxy) is 1. The van der Waals surface area contributed by atoms with E-state index in [1.165, 1.54) is 23.3 Å². The number of carbonyl (C=O) groups is 2. The van der Waals surface area contributed by atoms with Gasteiger partial charge in [0.1, 0.15) is 5.40 Å². The number of carbonyl (C=O) groups excluding carboxylic acids is 2. The summed E-state index contributed by atoms with van der Waals surface area (Å²) in [5.41, 5.74) is 0. The highest BCUT2D eigenvalue weighted by atomic mass is 32.2. The van der Waals surface area contributed by atoms with Gasteiger partial charge in [0.05, 0.1) is 23.4 Å². The second-order valence-corrected chi connectivity index (χ2v) is 5.68. The van der Waals surface area contributed by atoms with Gasteiger partial charge in [-0.25, -0.2) is 4.98 Å². The molecule has 1 saturated heterocycles. The quantitative estimate of drug-likeness (QED) is 0.471. The summed E-state index contributed by atoms with van der Waals surface area (Å²) in [7, 11) is 1.31. The van der Waals surface area contributed by atoms with Crippen LogP contribution in [0.1, 0.15) is 6.42 Å². The van der Waals surface area contributed by atoms with Crippen LogP contribution in [0.5, 0.6) is 0 Å². The normalized spacial score (nSPS) is 18.8. The molecule has 2 rings (SSSR count). The number of nitrogens with zero attached hydrogens (tertiary/aromatic N) is 3. The van der Waals surface area contributed by atoms with Gasteiger partial charge in [-0.05, 0) is 0 Å². The third-order valence-electron chi connectivity index (χ3n) is 2.51. The zero-order chi connectivity index (χ0) is 13.1. The van der Waals surface area contributed by atoms with E-state index in [0.29, 0.717) is 5.13 Å². The number of thioether (sulfide) groups is 1. The molecule has 1 unspecified atom stereocenters. The van der Waals surface area contributed by atoms with Crippen LogP contribution in [0.3, 0.4) is 0 Å². The lowest BCUT2D eigenvalue weighted by Gasteiger charge is -2.11. The highest BCUT2D eigenvalue weighted by molar-refractivity contribution is 8.05. The first kappa shape index (κ1) is 12.9. The van der Waals surface area contributed by atoms with Gasteiger partial charge < -0.3 is 4.74 Å². The fourth-order valence-corrected chi connectivity index (χ4v) is 3.06. The molecule has 1 fully saturated rings. The first-order valence-corrected chi connectivity index (χ1v) is 6.69. The Labute approximate surface area is 112 Å². The van der Waals surface area contributed by atoms with E-state index in [1.807, 2.05) is 5.40 Å². The monoisotopic (exact) mass is 283 g/mol. The molecule has 0 bridgehead atoms. The van der Waals surface area contributed by atoms with E-state index in [0.717, 1.165) is 16.0 Å². The molecule has 0 N–H and O–H groups in total. The molecule has 0 spiro atoms. The second-order valence-electron chi connectivity index (χ2n) is 3.58. The van der Waals surface area contributed by atoms with E-state index in [-0.39, 0.29) is 24.8 Å². The summed E-state index contributed by atoms with van der Waals surface area (Å²) in [5.74, 6) is -0.958. The van der Waals surface area contributed by atoms with Crippen LogP contribution in [0, 0.1) is 16.6 Å². The number of thiazole rings is 1. The summed E-state index contributed by atoms with van der Waals surface area (Å²) in [5, 5.41) is 11.0. The minimum absolute atomic E-state index is 0.145. The van der Waals surface area contributed by atoms with Crippen molar-refractivity contribution in [2.45, 2.75) is 10.6 Å². The van der Waals surface area contributed by atoms with Crippen LogP contribution in [0.4, 0.5) is 5.13 Å². The molecule has 0 saturated carbocycles. The molecule has 0 aromatic carbocycles. The van der Waals surface area contributed by atoms with Crippen molar-refractivity contribution in [1.29, 1.82) is 5.26 Å². The van der Waals surface area contributed by atoms with Gasteiger partial charge in [0.2, 0.25) is 5.91 Å². The fraction of sp³-hybridized carbons (Fsp3) is 0.400. The molecular formula is C10H9N3O3S2. The molecule has 6 nitrogen and oxygen atoms in total. The molecule has 0 aliphatic carbocycles. The fourth-order valence-electron chi connectivity index (χ4n) is 1.68. The lowest BCUT2D eigenvalue weighted by molar-refractivity contribution is -0.145. The summed E-state index contributed by atoms with van der Waals surface area (Å²) >= 11 is 2.26. The molecule has 1 aliphatic rings.